The molecule has 2 atom stereocenters. The predicted molar refractivity (Wildman–Crippen MR) is 68.8 cm³/mol. The van der Waals surface area contributed by atoms with Crippen LogP contribution in [0.4, 0.5) is 0 Å². The molecule has 3 nitrogen and oxygen atoms in total. The Hall–Kier alpha value is -0.120. The van der Waals surface area contributed by atoms with E-state index in [9.17, 15) is 0 Å². The highest BCUT2D eigenvalue weighted by Crippen LogP contribution is 2.15. The number of hydrogen-bond donors (Lipinski definition) is 1. The van der Waals surface area contributed by atoms with Crippen molar-refractivity contribution in [2.75, 3.05) is 39.8 Å². The van der Waals surface area contributed by atoms with Crippen LogP contribution in [-0.2, 0) is 0 Å². The molecule has 2 fully saturated rings. The maximum atomic E-state index is 3.43. The Kier molecular flexibility index (Phi) is 4.62. The minimum Gasteiger partial charge on any atom is -0.316 e. The maximum Gasteiger partial charge on any atom is 0.0195 e. The minimum atomic E-state index is 0.717. The van der Waals surface area contributed by atoms with Crippen LogP contribution in [0, 0.1) is 0 Å². The van der Waals surface area contributed by atoms with E-state index in [1.165, 1.54) is 58.4 Å². The molecule has 16 heavy (non-hydrogen) atoms. The van der Waals surface area contributed by atoms with Crippen molar-refractivity contribution in [2.24, 2.45) is 0 Å². The summed E-state index contributed by atoms with van der Waals surface area (Å²) in [4.78, 5) is 5.30. The van der Waals surface area contributed by atoms with Crippen molar-refractivity contribution in [1.29, 1.82) is 0 Å². The maximum absolute atomic E-state index is 3.43. The van der Waals surface area contributed by atoms with Crippen molar-refractivity contribution in [3.05, 3.63) is 0 Å². The molecule has 2 aliphatic rings. The normalized spacial score (nSPS) is 30.8. The third-order valence-corrected chi connectivity index (χ3v) is 4.21. The molecular weight excluding hydrogens is 198 g/mol. The lowest BCUT2D eigenvalue weighted by Crippen LogP contribution is -2.50. The molecule has 0 aromatic carbocycles. The lowest BCUT2D eigenvalue weighted by atomic mass is 10.0. The van der Waals surface area contributed by atoms with Crippen LogP contribution in [0.3, 0.4) is 0 Å². The smallest absolute Gasteiger partial charge is 0.0195 e. The molecule has 94 valence electrons. The number of nitrogens with one attached hydrogen (secondary N) is 1. The summed E-state index contributed by atoms with van der Waals surface area (Å²) >= 11 is 0. The van der Waals surface area contributed by atoms with Gasteiger partial charge in [-0.1, -0.05) is 0 Å². The summed E-state index contributed by atoms with van der Waals surface area (Å²) in [6.45, 7) is 8.87. The standard InChI is InChI=1S/C13H27N3/c1-12(10-15-7-3-4-8-15)16-9-5-6-13(11-16)14-2/h12-14H,3-11H2,1-2H3. The molecule has 0 saturated carbocycles. The SMILES string of the molecule is CNC1CCCN(C(C)CN2CCCC2)C1. The van der Waals surface area contributed by atoms with Gasteiger partial charge in [-0.15, -0.1) is 0 Å². The van der Waals surface area contributed by atoms with Crippen LogP contribution in [0.1, 0.15) is 32.6 Å². The highest BCUT2D eigenvalue weighted by molar-refractivity contribution is 4.82. The molecule has 3 heteroatoms. The van der Waals surface area contributed by atoms with Crippen LogP contribution < -0.4 is 5.32 Å². The van der Waals surface area contributed by atoms with Gasteiger partial charge in [0.15, 0.2) is 0 Å². The molecule has 0 aliphatic carbocycles. The second-order valence-corrected chi connectivity index (χ2v) is 5.48. The van der Waals surface area contributed by atoms with Gasteiger partial charge in [0.25, 0.3) is 0 Å². The Morgan fingerprint density at radius 3 is 2.62 bits per heavy atom. The summed E-state index contributed by atoms with van der Waals surface area (Å²) in [7, 11) is 2.10. The lowest BCUT2D eigenvalue weighted by molar-refractivity contribution is 0.121. The minimum absolute atomic E-state index is 0.717. The van der Waals surface area contributed by atoms with E-state index in [0.29, 0.717) is 0 Å². The molecule has 1 N–H and O–H groups in total. The largest absolute Gasteiger partial charge is 0.316 e. The van der Waals surface area contributed by atoms with E-state index >= 15 is 0 Å². The van der Waals surface area contributed by atoms with Gasteiger partial charge in [-0.2, -0.15) is 0 Å². The summed E-state index contributed by atoms with van der Waals surface area (Å²) in [5, 5.41) is 3.43. The van der Waals surface area contributed by atoms with Crippen molar-refractivity contribution in [3.8, 4) is 0 Å². The Bertz CT molecular complexity index is 201. The van der Waals surface area contributed by atoms with Gasteiger partial charge in [-0.05, 0) is 59.3 Å². The monoisotopic (exact) mass is 225 g/mol. The fourth-order valence-corrected chi connectivity index (χ4v) is 3.10. The Balaban J connectivity index is 1.76. The third kappa shape index (κ3) is 3.19. The number of likely N-dealkylation sites (N-methyl/N-ethyl adjacent to an activating group) is 1. The molecule has 0 radical (unpaired) electrons. The average molecular weight is 225 g/mol. The van der Waals surface area contributed by atoms with Crippen molar-refractivity contribution < 1.29 is 0 Å². The first-order valence-electron chi connectivity index (χ1n) is 6.93. The van der Waals surface area contributed by atoms with Gasteiger partial charge in [0.2, 0.25) is 0 Å². The lowest BCUT2D eigenvalue weighted by Gasteiger charge is -2.38. The van der Waals surface area contributed by atoms with E-state index in [4.69, 9.17) is 0 Å². The third-order valence-electron chi connectivity index (χ3n) is 4.21. The molecule has 0 amide bonds. The summed E-state index contributed by atoms with van der Waals surface area (Å²) in [5.41, 5.74) is 0. The fourth-order valence-electron chi connectivity index (χ4n) is 3.10. The number of hydrogen-bond acceptors (Lipinski definition) is 3. The molecule has 0 aromatic heterocycles. The summed E-state index contributed by atoms with van der Waals surface area (Å²) in [6, 6.07) is 1.45. The van der Waals surface area contributed by atoms with Crippen LogP contribution in [0.5, 0.6) is 0 Å². The highest BCUT2D eigenvalue weighted by atomic mass is 15.2. The summed E-state index contributed by atoms with van der Waals surface area (Å²) < 4.78 is 0. The van der Waals surface area contributed by atoms with Gasteiger partial charge in [0.05, 0.1) is 0 Å². The van der Waals surface area contributed by atoms with E-state index in [2.05, 4.69) is 29.1 Å². The summed E-state index contributed by atoms with van der Waals surface area (Å²) in [6.07, 6.45) is 5.52. The molecule has 2 heterocycles. The van der Waals surface area contributed by atoms with E-state index < -0.39 is 0 Å². The van der Waals surface area contributed by atoms with Crippen LogP contribution in [-0.4, -0.2) is 61.7 Å². The van der Waals surface area contributed by atoms with Crippen molar-refractivity contribution in [2.45, 2.75) is 44.7 Å². The first kappa shape index (κ1) is 12.3. The predicted octanol–water partition coefficient (Wildman–Crippen LogP) is 1.15. The zero-order valence-corrected chi connectivity index (χ0v) is 10.9. The molecule has 2 saturated heterocycles. The average Bonchev–Trinajstić information content (AvgIpc) is 2.82. The van der Waals surface area contributed by atoms with Gasteiger partial charge in [-0.3, -0.25) is 4.90 Å². The van der Waals surface area contributed by atoms with Crippen molar-refractivity contribution in [3.63, 3.8) is 0 Å². The number of piperidine rings is 1. The fraction of sp³-hybridized carbons (Fsp3) is 1.00. The second-order valence-electron chi connectivity index (χ2n) is 5.48. The number of rotatable bonds is 4. The zero-order chi connectivity index (χ0) is 11.4. The Morgan fingerprint density at radius 2 is 1.94 bits per heavy atom. The Labute approximate surface area is 100 Å². The first-order chi connectivity index (χ1) is 7.79. The van der Waals surface area contributed by atoms with E-state index in [1.54, 1.807) is 0 Å². The Morgan fingerprint density at radius 1 is 1.19 bits per heavy atom. The second kappa shape index (κ2) is 5.99. The van der Waals surface area contributed by atoms with Crippen molar-refractivity contribution in [1.82, 2.24) is 15.1 Å². The van der Waals surface area contributed by atoms with E-state index in [0.717, 1.165) is 12.1 Å². The summed E-state index contributed by atoms with van der Waals surface area (Å²) in [5.74, 6) is 0. The van der Waals surface area contributed by atoms with Gasteiger partial charge < -0.3 is 10.2 Å². The van der Waals surface area contributed by atoms with Crippen LogP contribution >= 0.6 is 0 Å². The van der Waals surface area contributed by atoms with E-state index in [-0.39, 0.29) is 0 Å². The van der Waals surface area contributed by atoms with Crippen LogP contribution in [0.25, 0.3) is 0 Å². The topological polar surface area (TPSA) is 18.5 Å². The number of nitrogens with zero attached hydrogens (tertiary/aromatic N) is 2. The molecule has 0 bridgehead atoms. The quantitative estimate of drug-likeness (QED) is 0.774. The number of likely N-dealkylation sites (tertiary alicyclic amines) is 2. The van der Waals surface area contributed by atoms with Gasteiger partial charge in [-0.25, -0.2) is 0 Å². The molecule has 2 unspecified atom stereocenters. The van der Waals surface area contributed by atoms with Gasteiger partial charge in [0, 0.05) is 25.2 Å². The molecule has 0 spiro atoms. The van der Waals surface area contributed by atoms with Crippen LogP contribution in [0.2, 0.25) is 0 Å². The highest BCUT2D eigenvalue weighted by Gasteiger charge is 2.24. The molecule has 2 rings (SSSR count). The molecule has 2 aliphatic heterocycles. The van der Waals surface area contributed by atoms with Crippen LogP contribution in [0.15, 0.2) is 0 Å². The van der Waals surface area contributed by atoms with Gasteiger partial charge in [0.1, 0.15) is 0 Å². The molecular formula is C13H27N3. The first-order valence-corrected chi connectivity index (χ1v) is 6.93. The molecule has 0 aromatic rings. The zero-order valence-electron chi connectivity index (χ0n) is 10.9. The van der Waals surface area contributed by atoms with Crippen molar-refractivity contribution >= 4 is 0 Å². The van der Waals surface area contributed by atoms with Gasteiger partial charge >= 0.3 is 0 Å². The van der Waals surface area contributed by atoms with E-state index in [1.807, 2.05) is 0 Å².